The predicted molar refractivity (Wildman–Crippen MR) is 75.7 cm³/mol. The van der Waals surface area contributed by atoms with Crippen molar-refractivity contribution in [1.82, 2.24) is 5.32 Å². The Hall–Kier alpha value is -0.900. The number of benzene rings is 1. The summed E-state index contributed by atoms with van der Waals surface area (Å²) in [7, 11) is 1.61. The van der Waals surface area contributed by atoms with E-state index in [0.717, 1.165) is 18.7 Å². The zero-order valence-electron chi connectivity index (χ0n) is 10.5. The zero-order valence-corrected chi connectivity index (χ0v) is 12.0. The van der Waals surface area contributed by atoms with E-state index >= 15 is 0 Å². The lowest BCUT2D eigenvalue weighted by Gasteiger charge is -2.12. The second-order valence-corrected chi connectivity index (χ2v) is 4.31. The van der Waals surface area contributed by atoms with Gasteiger partial charge in [-0.25, -0.2) is 0 Å². The molecule has 0 aliphatic carbocycles. The van der Waals surface area contributed by atoms with Crippen LogP contribution < -0.4 is 14.8 Å². The summed E-state index contributed by atoms with van der Waals surface area (Å²) in [5, 5.41) is 3.69. The van der Waals surface area contributed by atoms with Gasteiger partial charge in [-0.3, -0.25) is 0 Å². The Morgan fingerprint density at radius 2 is 2.17 bits per heavy atom. The Morgan fingerprint density at radius 1 is 1.39 bits per heavy atom. The first-order valence-corrected chi connectivity index (χ1v) is 6.47. The van der Waals surface area contributed by atoms with Crippen LogP contribution in [-0.4, -0.2) is 20.3 Å². The molecule has 0 atom stereocenters. The van der Waals surface area contributed by atoms with Gasteiger partial charge in [0, 0.05) is 12.1 Å². The molecule has 0 aromatic heterocycles. The number of methoxy groups -OCH3 is 1. The Labute approximate surface area is 118 Å². The molecule has 0 aliphatic rings. The van der Waals surface area contributed by atoms with Gasteiger partial charge in [0.25, 0.3) is 0 Å². The van der Waals surface area contributed by atoms with Crippen molar-refractivity contribution >= 4 is 23.2 Å². The van der Waals surface area contributed by atoms with Gasteiger partial charge in [-0.15, -0.1) is 0 Å². The highest BCUT2D eigenvalue weighted by atomic mass is 35.5. The molecule has 0 heterocycles. The number of ether oxygens (including phenoxy) is 2. The molecular weight excluding hydrogens is 273 g/mol. The third-order valence-corrected chi connectivity index (χ3v) is 2.88. The van der Waals surface area contributed by atoms with E-state index in [-0.39, 0.29) is 6.61 Å². The zero-order chi connectivity index (χ0) is 13.4. The maximum atomic E-state index is 5.76. The van der Waals surface area contributed by atoms with Crippen molar-refractivity contribution in [3.05, 3.63) is 34.3 Å². The Balaban J connectivity index is 2.73. The highest BCUT2D eigenvalue weighted by Gasteiger charge is 2.06. The van der Waals surface area contributed by atoms with Crippen LogP contribution in [0.15, 0.2) is 28.8 Å². The quantitative estimate of drug-likeness (QED) is 0.833. The molecule has 0 bridgehead atoms. The fourth-order valence-electron chi connectivity index (χ4n) is 1.39. The van der Waals surface area contributed by atoms with E-state index in [1.54, 1.807) is 7.11 Å². The third-order valence-electron chi connectivity index (χ3n) is 2.29. The molecule has 0 amide bonds. The average Bonchev–Trinajstić information content (AvgIpc) is 2.42. The molecule has 3 nitrogen and oxygen atoms in total. The molecule has 0 unspecified atom stereocenters. The van der Waals surface area contributed by atoms with Crippen LogP contribution in [0.5, 0.6) is 11.5 Å². The van der Waals surface area contributed by atoms with E-state index in [0.29, 0.717) is 16.5 Å². The number of nitrogens with one attached hydrogen (secondary N) is 1. The molecule has 0 radical (unpaired) electrons. The third kappa shape index (κ3) is 4.77. The maximum Gasteiger partial charge on any atom is 0.161 e. The lowest BCUT2D eigenvalue weighted by Crippen LogP contribution is -2.11. The average molecular weight is 290 g/mol. The summed E-state index contributed by atoms with van der Waals surface area (Å²) in [5.41, 5.74) is 2.42. The molecule has 0 spiro atoms. The molecule has 0 saturated heterocycles. The van der Waals surface area contributed by atoms with Gasteiger partial charge < -0.3 is 14.8 Å². The van der Waals surface area contributed by atoms with Crippen LogP contribution in [0.1, 0.15) is 12.5 Å². The molecule has 18 heavy (non-hydrogen) atoms. The van der Waals surface area contributed by atoms with Gasteiger partial charge in [-0.05, 0) is 24.2 Å². The summed E-state index contributed by atoms with van der Waals surface area (Å²) in [5.74, 6) is 1.33. The van der Waals surface area contributed by atoms with E-state index < -0.39 is 0 Å². The molecule has 100 valence electrons. The largest absolute Gasteiger partial charge is 0.493 e. The van der Waals surface area contributed by atoms with E-state index in [4.69, 9.17) is 32.7 Å². The Morgan fingerprint density at radius 3 is 2.78 bits per heavy atom. The van der Waals surface area contributed by atoms with Gasteiger partial charge in [0.05, 0.1) is 12.1 Å². The molecule has 1 aromatic rings. The molecule has 0 fully saturated rings. The highest BCUT2D eigenvalue weighted by Crippen LogP contribution is 2.28. The summed E-state index contributed by atoms with van der Waals surface area (Å²) in [6.45, 7) is 4.02. The maximum absolute atomic E-state index is 5.76. The first-order chi connectivity index (χ1) is 8.71. The van der Waals surface area contributed by atoms with Crippen molar-refractivity contribution in [2.24, 2.45) is 0 Å². The molecule has 1 rings (SSSR count). The van der Waals surface area contributed by atoms with Crippen LogP contribution in [0.3, 0.4) is 0 Å². The summed E-state index contributed by atoms with van der Waals surface area (Å²) in [6.07, 6.45) is 0. The van der Waals surface area contributed by atoms with Crippen molar-refractivity contribution in [2.45, 2.75) is 13.5 Å². The summed E-state index contributed by atoms with van der Waals surface area (Å²) in [6, 6.07) is 5.79. The van der Waals surface area contributed by atoms with Gasteiger partial charge in [0.2, 0.25) is 0 Å². The van der Waals surface area contributed by atoms with Gasteiger partial charge in [0.15, 0.2) is 11.5 Å². The van der Waals surface area contributed by atoms with E-state index in [1.165, 1.54) is 5.54 Å². The Bertz CT molecular complexity index is 408. The lowest BCUT2D eigenvalue weighted by atomic mass is 10.2. The van der Waals surface area contributed by atoms with Crippen molar-refractivity contribution in [3.8, 4) is 11.5 Å². The second-order valence-electron chi connectivity index (χ2n) is 3.61. The first kappa shape index (κ1) is 15.2. The number of hydrogen-bond donors (Lipinski definition) is 1. The number of rotatable bonds is 7. The smallest absolute Gasteiger partial charge is 0.161 e. The van der Waals surface area contributed by atoms with E-state index in [1.807, 2.05) is 18.2 Å². The molecule has 0 aliphatic heterocycles. The topological polar surface area (TPSA) is 30.5 Å². The number of halogens is 2. The standard InChI is InChI=1S/C13H17Cl2NO2/c1-3-16-8-10-4-5-12(13(6-10)17-2)18-9-11(15)7-14/h4-7,16H,3,8-9H2,1-2H3. The molecule has 1 N–H and O–H groups in total. The predicted octanol–water partition coefficient (Wildman–Crippen LogP) is 3.50. The lowest BCUT2D eigenvalue weighted by molar-refractivity contribution is 0.323. The second kappa shape index (κ2) is 8.25. The summed E-state index contributed by atoms with van der Waals surface area (Å²) < 4.78 is 10.8. The van der Waals surface area contributed by atoms with E-state index in [9.17, 15) is 0 Å². The van der Waals surface area contributed by atoms with Crippen molar-refractivity contribution in [3.63, 3.8) is 0 Å². The van der Waals surface area contributed by atoms with Crippen LogP contribution in [-0.2, 0) is 6.54 Å². The van der Waals surface area contributed by atoms with Gasteiger partial charge in [-0.2, -0.15) is 0 Å². The van der Waals surface area contributed by atoms with Crippen LogP contribution >= 0.6 is 23.2 Å². The van der Waals surface area contributed by atoms with E-state index in [2.05, 4.69) is 12.2 Å². The monoisotopic (exact) mass is 289 g/mol. The van der Waals surface area contributed by atoms with Crippen LogP contribution in [0, 0.1) is 0 Å². The normalized spacial score (nSPS) is 11.4. The summed E-state index contributed by atoms with van der Waals surface area (Å²) >= 11 is 11.2. The van der Waals surface area contributed by atoms with Crippen LogP contribution in [0.4, 0.5) is 0 Å². The Kier molecular flexibility index (Phi) is 6.94. The summed E-state index contributed by atoms with van der Waals surface area (Å²) in [4.78, 5) is 0. The fourth-order valence-corrected chi connectivity index (χ4v) is 1.51. The van der Waals surface area contributed by atoms with Crippen LogP contribution in [0.2, 0.25) is 0 Å². The minimum Gasteiger partial charge on any atom is -0.493 e. The number of hydrogen-bond acceptors (Lipinski definition) is 3. The minimum absolute atomic E-state index is 0.230. The van der Waals surface area contributed by atoms with Gasteiger partial charge >= 0.3 is 0 Å². The van der Waals surface area contributed by atoms with Gasteiger partial charge in [-0.1, -0.05) is 36.2 Å². The molecule has 5 heteroatoms. The highest BCUT2D eigenvalue weighted by molar-refractivity contribution is 6.36. The van der Waals surface area contributed by atoms with Crippen molar-refractivity contribution in [2.75, 3.05) is 20.3 Å². The molecular formula is C13H17Cl2NO2. The SMILES string of the molecule is CCNCc1ccc(OCC(Cl)=CCl)c(OC)c1. The van der Waals surface area contributed by atoms with Crippen LogP contribution in [0.25, 0.3) is 0 Å². The van der Waals surface area contributed by atoms with Gasteiger partial charge in [0.1, 0.15) is 6.61 Å². The van der Waals surface area contributed by atoms with Crippen molar-refractivity contribution < 1.29 is 9.47 Å². The minimum atomic E-state index is 0.230. The molecule has 1 aromatic carbocycles. The first-order valence-electron chi connectivity index (χ1n) is 5.66. The fraction of sp³-hybridized carbons (Fsp3) is 0.385. The molecule has 0 saturated carbocycles. The van der Waals surface area contributed by atoms with Crippen molar-refractivity contribution in [1.29, 1.82) is 0 Å².